The lowest BCUT2D eigenvalue weighted by molar-refractivity contribution is 0.0948. The number of carbonyl (C=O) groups excluding carboxylic acids is 1. The molecule has 0 saturated carbocycles. The van der Waals surface area contributed by atoms with E-state index in [1.54, 1.807) is 10.7 Å². The van der Waals surface area contributed by atoms with Gasteiger partial charge in [0.25, 0.3) is 5.91 Å². The minimum absolute atomic E-state index is 0.0867. The van der Waals surface area contributed by atoms with E-state index in [-0.39, 0.29) is 11.3 Å². The van der Waals surface area contributed by atoms with Gasteiger partial charge in [-0.3, -0.25) is 4.79 Å². The number of ether oxygens (including phenoxy) is 1. The molecule has 136 valence electrons. The Balaban J connectivity index is 1.55. The minimum Gasteiger partial charge on any atom is -0.491 e. The Bertz CT molecular complexity index is 928. The zero-order valence-electron chi connectivity index (χ0n) is 15.1. The first kappa shape index (κ1) is 18.5. The van der Waals surface area contributed by atoms with E-state index in [9.17, 15) is 4.79 Å². The molecule has 0 bridgehead atoms. The van der Waals surface area contributed by atoms with E-state index < -0.39 is 0 Å². The van der Waals surface area contributed by atoms with E-state index in [0.29, 0.717) is 18.7 Å². The predicted octanol–water partition coefficient (Wildman–Crippen LogP) is 4.20. The van der Waals surface area contributed by atoms with Crippen LogP contribution in [0.2, 0.25) is 0 Å². The number of fused-ring (bicyclic) bond motifs is 1. The largest absolute Gasteiger partial charge is 0.491 e. The van der Waals surface area contributed by atoms with Gasteiger partial charge < -0.3 is 10.1 Å². The van der Waals surface area contributed by atoms with Gasteiger partial charge in [-0.25, -0.2) is 4.52 Å². The summed E-state index contributed by atoms with van der Waals surface area (Å²) >= 11 is 3.56. The number of benzene rings is 1. The Kier molecular flexibility index (Phi) is 5.32. The molecule has 1 N–H and O–H groups in total. The summed E-state index contributed by atoms with van der Waals surface area (Å²) in [4.78, 5) is 12.3. The number of nitrogens with one attached hydrogen (secondary N) is 1. The summed E-state index contributed by atoms with van der Waals surface area (Å²) in [5, 5.41) is 7.04. The molecule has 6 heteroatoms. The summed E-state index contributed by atoms with van der Waals surface area (Å²) in [6.45, 7) is 7.32. The molecule has 0 radical (unpaired) electrons. The van der Waals surface area contributed by atoms with Crippen LogP contribution in [0.3, 0.4) is 0 Å². The van der Waals surface area contributed by atoms with E-state index >= 15 is 0 Å². The summed E-state index contributed by atoms with van der Waals surface area (Å²) in [6.07, 6.45) is 3.39. The summed E-state index contributed by atoms with van der Waals surface area (Å²) in [5.41, 5.74) is 2.66. The van der Waals surface area contributed by atoms with Gasteiger partial charge in [-0.2, -0.15) is 5.10 Å². The van der Waals surface area contributed by atoms with Crippen LogP contribution in [0.1, 0.15) is 36.7 Å². The van der Waals surface area contributed by atoms with Crippen LogP contribution in [0.15, 0.2) is 53.3 Å². The average molecular weight is 416 g/mol. The lowest BCUT2D eigenvalue weighted by Crippen LogP contribution is -2.28. The summed E-state index contributed by atoms with van der Waals surface area (Å²) < 4.78 is 8.37. The lowest BCUT2D eigenvalue weighted by atomic mass is 9.87. The van der Waals surface area contributed by atoms with Crippen molar-refractivity contribution in [3.05, 3.63) is 64.4 Å². The van der Waals surface area contributed by atoms with Crippen molar-refractivity contribution in [3.63, 3.8) is 0 Å². The molecule has 3 rings (SSSR count). The third kappa shape index (κ3) is 4.07. The standard InChI is InChI=1S/C20H22BrN3O2/c1-20(2,3)14-7-8-18(16(21)12-14)26-11-9-22-19(25)15-13-23-24-10-5-4-6-17(15)24/h4-8,10,12-13H,9,11H2,1-3H3,(H,22,25). The van der Waals surface area contributed by atoms with Crippen molar-refractivity contribution < 1.29 is 9.53 Å². The van der Waals surface area contributed by atoms with E-state index in [1.807, 2.05) is 30.5 Å². The maximum Gasteiger partial charge on any atom is 0.255 e. The summed E-state index contributed by atoms with van der Waals surface area (Å²) in [7, 11) is 0. The molecule has 2 heterocycles. The fourth-order valence-corrected chi connectivity index (χ4v) is 3.11. The number of amides is 1. The fourth-order valence-electron chi connectivity index (χ4n) is 2.61. The van der Waals surface area contributed by atoms with Gasteiger partial charge in [-0.1, -0.05) is 32.9 Å². The normalized spacial score (nSPS) is 11.5. The maximum absolute atomic E-state index is 12.3. The van der Waals surface area contributed by atoms with Crippen molar-refractivity contribution in [2.75, 3.05) is 13.2 Å². The monoisotopic (exact) mass is 415 g/mol. The molecule has 0 aliphatic carbocycles. The molecule has 1 aromatic carbocycles. The van der Waals surface area contributed by atoms with Gasteiger partial charge in [0, 0.05) is 6.20 Å². The minimum atomic E-state index is -0.156. The van der Waals surface area contributed by atoms with Gasteiger partial charge >= 0.3 is 0 Å². The zero-order valence-corrected chi connectivity index (χ0v) is 16.7. The molecule has 5 nitrogen and oxygen atoms in total. The van der Waals surface area contributed by atoms with E-state index in [2.05, 4.69) is 59.2 Å². The van der Waals surface area contributed by atoms with E-state index in [0.717, 1.165) is 15.7 Å². The van der Waals surface area contributed by atoms with Crippen LogP contribution in [0.4, 0.5) is 0 Å². The first-order valence-corrected chi connectivity index (χ1v) is 9.29. The highest BCUT2D eigenvalue weighted by Crippen LogP contribution is 2.31. The van der Waals surface area contributed by atoms with Crippen LogP contribution in [0.5, 0.6) is 5.75 Å². The second-order valence-corrected chi connectivity index (χ2v) is 7.94. The predicted molar refractivity (Wildman–Crippen MR) is 106 cm³/mol. The number of aromatic nitrogens is 2. The molecule has 0 aliphatic rings. The maximum atomic E-state index is 12.3. The third-order valence-corrected chi connectivity index (χ3v) is 4.73. The van der Waals surface area contributed by atoms with Crippen LogP contribution in [0.25, 0.3) is 5.52 Å². The number of hydrogen-bond donors (Lipinski definition) is 1. The third-order valence-electron chi connectivity index (χ3n) is 4.11. The SMILES string of the molecule is CC(C)(C)c1ccc(OCCNC(=O)c2cnn3ccccc23)c(Br)c1. The first-order chi connectivity index (χ1) is 12.4. The Morgan fingerprint density at radius 3 is 2.81 bits per heavy atom. The molecule has 0 unspecified atom stereocenters. The van der Waals surface area contributed by atoms with Gasteiger partial charge in [-0.15, -0.1) is 0 Å². The molecule has 0 spiro atoms. The Morgan fingerprint density at radius 1 is 1.27 bits per heavy atom. The Morgan fingerprint density at radius 2 is 2.08 bits per heavy atom. The van der Waals surface area contributed by atoms with Crippen LogP contribution < -0.4 is 10.1 Å². The summed E-state index contributed by atoms with van der Waals surface area (Å²) in [6, 6.07) is 11.7. The Hall–Kier alpha value is -2.34. The van der Waals surface area contributed by atoms with Gasteiger partial charge in [0.15, 0.2) is 0 Å². The number of pyridine rings is 1. The topological polar surface area (TPSA) is 55.6 Å². The quantitative estimate of drug-likeness (QED) is 0.635. The zero-order chi connectivity index (χ0) is 18.7. The first-order valence-electron chi connectivity index (χ1n) is 8.49. The smallest absolute Gasteiger partial charge is 0.255 e. The van der Waals surface area contributed by atoms with Gasteiger partial charge in [0.1, 0.15) is 12.4 Å². The molecule has 0 fully saturated rings. The molecule has 2 aromatic heterocycles. The Labute approximate surface area is 161 Å². The van der Waals surface area contributed by atoms with Crippen LogP contribution in [-0.4, -0.2) is 28.7 Å². The number of halogens is 1. The van der Waals surface area contributed by atoms with Crippen molar-refractivity contribution in [2.24, 2.45) is 0 Å². The van der Waals surface area contributed by atoms with E-state index in [4.69, 9.17) is 4.74 Å². The molecule has 0 atom stereocenters. The highest BCUT2D eigenvalue weighted by Gasteiger charge is 2.15. The van der Waals surface area contributed by atoms with Crippen LogP contribution >= 0.6 is 15.9 Å². The molecule has 1 amide bonds. The van der Waals surface area contributed by atoms with Gasteiger partial charge in [0.2, 0.25) is 0 Å². The van der Waals surface area contributed by atoms with Gasteiger partial charge in [0.05, 0.1) is 28.3 Å². The van der Waals surface area contributed by atoms with Crippen molar-refractivity contribution in [1.29, 1.82) is 0 Å². The summed E-state index contributed by atoms with van der Waals surface area (Å²) in [5.74, 6) is 0.611. The molecular formula is C20H22BrN3O2. The molecule has 26 heavy (non-hydrogen) atoms. The second kappa shape index (κ2) is 7.50. The van der Waals surface area contributed by atoms with Crippen LogP contribution in [0, 0.1) is 0 Å². The molecule has 0 aliphatic heterocycles. The van der Waals surface area contributed by atoms with Crippen molar-refractivity contribution in [2.45, 2.75) is 26.2 Å². The highest BCUT2D eigenvalue weighted by molar-refractivity contribution is 9.10. The number of nitrogens with zero attached hydrogens (tertiary/aromatic N) is 2. The average Bonchev–Trinajstić information content (AvgIpc) is 3.03. The molecule has 3 aromatic rings. The number of carbonyl (C=O) groups is 1. The van der Waals surface area contributed by atoms with E-state index in [1.165, 1.54) is 5.56 Å². The highest BCUT2D eigenvalue weighted by atomic mass is 79.9. The number of rotatable bonds is 5. The van der Waals surface area contributed by atoms with Crippen molar-refractivity contribution >= 4 is 27.4 Å². The fraction of sp³-hybridized carbons (Fsp3) is 0.300. The van der Waals surface area contributed by atoms with Crippen molar-refractivity contribution in [3.8, 4) is 5.75 Å². The molecular weight excluding hydrogens is 394 g/mol. The van der Waals surface area contributed by atoms with Crippen molar-refractivity contribution in [1.82, 2.24) is 14.9 Å². The van der Waals surface area contributed by atoms with Gasteiger partial charge in [-0.05, 0) is 51.2 Å². The molecule has 0 saturated heterocycles. The lowest BCUT2D eigenvalue weighted by Gasteiger charge is -2.20. The number of hydrogen-bond acceptors (Lipinski definition) is 3. The second-order valence-electron chi connectivity index (χ2n) is 7.09. The van der Waals surface area contributed by atoms with Crippen LogP contribution in [-0.2, 0) is 5.41 Å².